The van der Waals surface area contributed by atoms with E-state index in [0.29, 0.717) is 0 Å². The Bertz CT molecular complexity index is 299. The highest BCUT2D eigenvalue weighted by atomic mass is 32.2. The van der Waals surface area contributed by atoms with Crippen molar-refractivity contribution in [1.29, 1.82) is 0 Å². The summed E-state index contributed by atoms with van der Waals surface area (Å²) in [6, 6.07) is 4.16. The van der Waals surface area contributed by atoms with Crippen LogP contribution in [0.25, 0.3) is 0 Å². The van der Waals surface area contributed by atoms with Gasteiger partial charge in [-0.3, -0.25) is 0 Å². The van der Waals surface area contributed by atoms with E-state index in [1.54, 1.807) is 0 Å². The number of furan rings is 1. The summed E-state index contributed by atoms with van der Waals surface area (Å²) in [5.74, 6) is 4.25. The zero-order valence-corrected chi connectivity index (χ0v) is 12.0. The van der Waals surface area contributed by atoms with E-state index in [-0.39, 0.29) is 0 Å². The van der Waals surface area contributed by atoms with Gasteiger partial charge in [0.05, 0.1) is 12.3 Å². The van der Waals surface area contributed by atoms with E-state index in [0.717, 1.165) is 49.1 Å². The van der Waals surface area contributed by atoms with Gasteiger partial charge in [-0.25, -0.2) is 0 Å². The molecule has 0 radical (unpaired) electrons. The maximum atomic E-state index is 5.74. The van der Waals surface area contributed by atoms with Crippen molar-refractivity contribution in [2.75, 3.05) is 32.9 Å². The van der Waals surface area contributed by atoms with E-state index in [2.05, 4.69) is 43.4 Å². The Balaban J connectivity index is 2.16. The second-order valence-corrected chi connectivity index (χ2v) is 5.51. The molecular formula is C13H24N2OS. The van der Waals surface area contributed by atoms with E-state index >= 15 is 0 Å². The quantitative estimate of drug-likeness (QED) is 0.687. The van der Waals surface area contributed by atoms with E-state index in [4.69, 9.17) is 4.42 Å². The number of nitrogens with one attached hydrogen (secondary N) is 1. The van der Waals surface area contributed by atoms with Gasteiger partial charge in [0.1, 0.15) is 11.5 Å². The summed E-state index contributed by atoms with van der Waals surface area (Å²) < 4.78 is 5.74. The smallest absolute Gasteiger partial charge is 0.117 e. The highest BCUT2D eigenvalue weighted by Crippen LogP contribution is 2.15. The summed E-state index contributed by atoms with van der Waals surface area (Å²) in [4.78, 5) is 2.20. The Hall–Kier alpha value is -0.450. The Kier molecular flexibility index (Phi) is 7.40. The monoisotopic (exact) mass is 256 g/mol. The molecule has 0 aliphatic heterocycles. The fraction of sp³-hybridized carbons (Fsp3) is 0.692. The molecule has 0 aliphatic rings. The summed E-state index contributed by atoms with van der Waals surface area (Å²) in [5, 5.41) is 3.34. The number of hydrogen-bond acceptors (Lipinski definition) is 4. The van der Waals surface area contributed by atoms with Gasteiger partial charge in [0.15, 0.2) is 0 Å². The first-order valence-corrected chi connectivity index (χ1v) is 7.38. The summed E-state index contributed by atoms with van der Waals surface area (Å²) in [6.07, 6.45) is 1.16. The predicted octanol–water partition coefficient (Wildman–Crippen LogP) is 2.57. The van der Waals surface area contributed by atoms with Crippen LogP contribution in [-0.4, -0.2) is 37.8 Å². The lowest BCUT2D eigenvalue weighted by molar-refractivity contribution is 0.437. The third-order valence-corrected chi connectivity index (χ3v) is 3.33. The van der Waals surface area contributed by atoms with Gasteiger partial charge in [0.25, 0.3) is 0 Å². The van der Waals surface area contributed by atoms with Gasteiger partial charge in [0.2, 0.25) is 0 Å². The maximum absolute atomic E-state index is 5.74. The molecule has 98 valence electrons. The van der Waals surface area contributed by atoms with Gasteiger partial charge >= 0.3 is 0 Å². The Morgan fingerprint density at radius 2 is 2.06 bits per heavy atom. The molecule has 0 aromatic carbocycles. The molecule has 0 saturated carbocycles. The summed E-state index contributed by atoms with van der Waals surface area (Å²) >= 11 is 1.92. The Morgan fingerprint density at radius 3 is 2.76 bits per heavy atom. The van der Waals surface area contributed by atoms with Crippen LogP contribution in [0.4, 0.5) is 0 Å². The molecule has 17 heavy (non-hydrogen) atoms. The van der Waals surface area contributed by atoms with Gasteiger partial charge in [-0.2, -0.15) is 11.8 Å². The summed E-state index contributed by atoms with van der Waals surface area (Å²) in [6.45, 7) is 5.18. The molecule has 3 nitrogen and oxygen atoms in total. The molecule has 1 N–H and O–H groups in total. The van der Waals surface area contributed by atoms with Crippen molar-refractivity contribution in [2.45, 2.75) is 25.6 Å². The lowest BCUT2D eigenvalue weighted by Crippen LogP contribution is -2.14. The second-order valence-electron chi connectivity index (χ2n) is 4.40. The minimum absolute atomic E-state index is 0.843. The zero-order chi connectivity index (χ0) is 12.5. The number of rotatable bonds is 9. The van der Waals surface area contributed by atoms with Gasteiger partial charge in [-0.15, -0.1) is 0 Å². The highest BCUT2D eigenvalue weighted by molar-refractivity contribution is 7.98. The predicted molar refractivity (Wildman–Crippen MR) is 75.4 cm³/mol. The van der Waals surface area contributed by atoms with Crippen LogP contribution >= 0.6 is 11.8 Å². The molecule has 0 amide bonds. The zero-order valence-electron chi connectivity index (χ0n) is 11.2. The van der Waals surface area contributed by atoms with Crippen LogP contribution < -0.4 is 5.32 Å². The molecule has 0 aliphatic carbocycles. The van der Waals surface area contributed by atoms with Gasteiger partial charge in [-0.05, 0) is 39.2 Å². The normalized spacial score (nSPS) is 11.3. The van der Waals surface area contributed by atoms with Crippen molar-refractivity contribution < 1.29 is 4.42 Å². The molecule has 0 unspecified atom stereocenters. The maximum Gasteiger partial charge on any atom is 0.117 e. The van der Waals surface area contributed by atoms with Crippen molar-refractivity contribution in [1.82, 2.24) is 10.2 Å². The lowest BCUT2D eigenvalue weighted by atomic mass is 10.4. The van der Waals surface area contributed by atoms with E-state index in [1.165, 1.54) is 0 Å². The second kappa shape index (κ2) is 8.61. The largest absolute Gasteiger partial charge is 0.464 e. The first-order valence-electron chi connectivity index (χ1n) is 6.23. The van der Waals surface area contributed by atoms with E-state index in [1.807, 2.05) is 11.8 Å². The average Bonchev–Trinajstić information content (AvgIpc) is 2.73. The standard InChI is InChI=1S/C13H24N2OS/c1-4-7-14-10-12-5-6-13(16-12)11-17-9-8-15(2)3/h5-6,14H,4,7-11H2,1-3H3. The van der Waals surface area contributed by atoms with Gasteiger partial charge in [-0.1, -0.05) is 6.92 Å². The number of nitrogens with zero attached hydrogens (tertiary/aromatic N) is 1. The SMILES string of the molecule is CCCNCc1ccc(CSCCN(C)C)o1. The number of hydrogen-bond donors (Lipinski definition) is 1. The van der Waals surface area contributed by atoms with Crippen LogP contribution in [0, 0.1) is 0 Å². The molecular weight excluding hydrogens is 232 g/mol. The fourth-order valence-corrected chi connectivity index (χ4v) is 2.40. The third-order valence-electron chi connectivity index (χ3n) is 2.37. The van der Waals surface area contributed by atoms with Crippen LogP contribution in [-0.2, 0) is 12.3 Å². The van der Waals surface area contributed by atoms with Gasteiger partial charge in [0, 0.05) is 12.3 Å². The molecule has 0 fully saturated rings. The molecule has 1 heterocycles. The number of thioether (sulfide) groups is 1. The average molecular weight is 256 g/mol. The third kappa shape index (κ3) is 6.76. The topological polar surface area (TPSA) is 28.4 Å². The van der Waals surface area contributed by atoms with Gasteiger partial charge < -0.3 is 14.6 Å². The fourth-order valence-electron chi connectivity index (χ4n) is 1.40. The molecule has 0 saturated heterocycles. The van der Waals surface area contributed by atoms with Crippen LogP contribution in [0.2, 0.25) is 0 Å². The molecule has 0 spiro atoms. The first-order chi connectivity index (χ1) is 8.22. The van der Waals surface area contributed by atoms with E-state index < -0.39 is 0 Å². The van der Waals surface area contributed by atoms with Crippen molar-refractivity contribution in [3.8, 4) is 0 Å². The van der Waals surface area contributed by atoms with Crippen LogP contribution in [0.5, 0.6) is 0 Å². The lowest BCUT2D eigenvalue weighted by Gasteiger charge is -2.07. The minimum Gasteiger partial charge on any atom is -0.464 e. The molecule has 0 atom stereocenters. The summed E-state index contributed by atoms with van der Waals surface area (Å²) in [7, 11) is 4.20. The van der Waals surface area contributed by atoms with Crippen LogP contribution in [0.15, 0.2) is 16.5 Å². The molecule has 1 rings (SSSR count). The molecule has 1 aromatic heterocycles. The molecule has 0 bridgehead atoms. The Morgan fingerprint density at radius 1 is 1.29 bits per heavy atom. The highest BCUT2D eigenvalue weighted by Gasteiger charge is 2.02. The van der Waals surface area contributed by atoms with Crippen molar-refractivity contribution >= 4 is 11.8 Å². The first kappa shape index (κ1) is 14.6. The Labute approximate surface area is 109 Å². The minimum atomic E-state index is 0.843. The van der Waals surface area contributed by atoms with Crippen LogP contribution in [0.3, 0.4) is 0 Å². The molecule has 1 aromatic rings. The van der Waals surface area contributed by atoms with Crippen LogP contribution in [0.1, 0.15) is 24.9 Å². The molecule has 4 heteroatoms. The summed E-state index contributed by atoms with van der Waals surface area (Å²) in [5.41, 5.74) is 0. The van der Waals surface area contributed by atoms with Crippen molar-refractivity contribution in [3.05, 3.63) is 23.7 Å². The van der Waals surface area contributed by atoms with E-state index in [9.17, 15) is 0 Å². The van der Waals surface area contributed by atoms with Crippen molar-refractivity contribution in [3.63, 3.8) is 0 Å². The van der Waals surface area contributed by atoms with Crippen molar-refractivity contribution in [2.24, 2.45) is 0 Å².